The van der Waals surface area contributed by atoms with Crippen molar-refractivity contribution in [2.75, 3.05) is 12.4 Å². The van der Waals surface area contributed by atoms with Crippen molar-refractivity contribution in [2.24, 2.45) is 0 Å². The molecule has 0 aromatic heterocycles. The van der Waals surface area contributed by atoms with Gasteiger partial charge >= 0.3 is 0 Å². The Morgan fingerprint density at radius 3 is 2.61 bits per heavy atom. The topological polar surface area (TPSA) is 29.1 Å². The van der Waals surface area contributed by atoms with E-state index in [-0.39, 0.29) is 5.91 Å². The number of carbonyl (C=O) groups is 1. The normalized spacial score (nSPS) is 10.4. The minimum Gasteiger partial charge on any atom is -0.352 e. The van der Waals surface area contributed by atoms with Crippen molar-refractivity contribution in [3.05, 3.63) is 33.3 Å². The largest absolute Gasteiger partial charge is 0.352 e. The Kier molecular flexibility index (Phi) is 7.71. The van der Waals surface area contributed by atoms with E-state index < -0.39 is 0 Å². The SMILES string of the molecule is O=C(NCCCCCCCl)c1ccc(Br)cc1Cl. The van der Waals surface area contributed by atoms with Crippen molar-refractivity contribution in [2.45, 2.75) is 25.7 Å². The third-order valence-corrected chi connectivity index (χ3v) is 3.59. The Bertz CT molecular complexity index is 399. The van der Waals surface area contributed by atoms with Crippen LogP contribution in [0.1, 0.15) is 36.0 Å². The lowest BCUT2D eigenvalue weighted by molar-refractivity contribution is 0.0953. The molecule has 0 aliphatic rings. The van der Waals surface area contributed by atoms with Gasteiger partial charge in [-0.15, -0.1) is 11.6 Å². The van der Waals surface area contributed by atoms with E-state index in [9.17, 15) is 4.79 Å². The number of carbonyl (C=O) groups excluding carboxylic acids is 1. The van der Waals surface area contributed by atoms with E-state index in [1.54, 1.807) is 18.2 Å². The van der Waals surface area contributed by atoms with Gasteiger partial charge in [-0.3, -0.25) is 4.79 Å². The highest BCUT2D eigenvalue weighted by atomic mass is 79.9. The molecule has 0 saturated heterocycles. The lowest BCUT2D eigenvalue weighted by atomic mass is 10.2. The van der Waals surface area contributed by atoms with Crippen LogP contribution in [0.3, 0.4) is 0 Å². The van der Waals surface area contributed by atoms with Crippen LogP contribution in [-0.2, 0) is 0 Å². The Morgan fingerprint density at radius 1 is 1.22 bits per heavy atom. The quantitative estimate of drug-likeness (QED) is 0.562. The van der Waals surface area contributed by atoms with Crippen LogP contribution in [-0.4, -0.2) is 18.3 Å². The number of rotatable bonds is 7. The van der Waals surface area contributed by atoms with Gasteiger partial charge in [0.2, 0.25) is 0 Å². The highest BCUT2D eigenvalue weighted by Crippen LogP contribution is 2.21. The summed E-state index contributed by atoms with van der Waals surface area (Å²) in [6, 6.07) is 5.24. The maximum absolute atomic E-state index is 11.8. The maximum Gasteiger partial charge on any atom is 0.252 e. The van der Waals surface area contributed by atoms with Crippen LogP contribution >= 0.6 is 39.1 Å². The number of nitrogens with one attached hydrogen (secondary N) is 1. The molecule has 0 unspecified atom stereocenters. The summed E-state index contributed by atoms with van der Waals surface area (Å²) in [5.74, 6) is 0.589. The summed E-state index contributed by atoms with van der Waals surface area (Å²) in [5.41, 5.74) is 0.514. The highest BCUT2D eigenvalue weighted by molar-refractivity contribution is 9.10. The van der Waals surface area contributed by atoms with Gasteiger partial charge in [0.05, 0.1) is 10.6 Å². The molecule has 0 spiro atoms. The lowest BCUT2D eigenvalue weighted by Gasteiger charge is -2.07. The second-order valence-electron chi connectivity index (χ2n) is 3.98. The van der Waals surface area contributed by atoms with Gasteiger partial charge in [-0.2, -0.15) is 0 Å². The molecule has 1 aromatic rings. The zero-order valence-corrected chi connectivity index (χ0v) is 13.1. The fourth-order valence-corrected chi connectivity index (χ4v) is 2.49. The predicted molar refractivity (Wildman–Crippen MR) is 80.7 cm³/mol. The molecule has 1 aromatic carbocycles. The van der Waals surface area contributed by atoms with Crippen LogP contribution in [0.25, 0.3) is 0 Å². The van der Waals surface area contributed by atoms with Gasteiger partial charge in [-0.25, -0.2) is 0 Å². The molecule has 18 heavy (non-hydrogen) atoms. The molecule has 0 atom stereocenters. The van der Waals surface area contributed by atoms with Crippen LogP contribution in [0.5, 0.6) is 0 Å². The van der Waals surface area contributed by atoms with Crippen LogP contribution < -0.4 is 5.32 Å². The monoisotopic (exact) mass is 351 g/mol. The fourth-order valence-electron chi connectivity index (χ4n) is 1.54. The molecule has 2 nitrogen and oxygen atoms in total. The van der Waals surface area contributed by atoms with Crippen molar-refractivity contribution < 1.29 is 4.79 Å². The van der Waals surface area contributed by atoms with Gasteiger partial charge in [0.15, 0.2) is 0 Å². The summed E-state index contributed by atoms with van der Waals surface area (Å²) < 4.78 is 0.866. The van der Waals surface area contributed by atoms with Gasteiger partial charge < -0.3 is 5.32 Å². The zero-order valence-electron chi connectivity index (χ0n) is 10.0. The Morgan fingerprint density at radius 2 is 1.94 bits per heavy atom. The van der Waals surface area contributed by atoms with Crippen molar-refractivity contribution >= 4 is 45.0 Å². The van der Waals surface area contributed by atoms with Crippen LogP contribution in [0.2, 0.25) is 5.02 Å². The van der Waals surface area contributed by atoms with Crippen LogP contribution in [0, 0.1) is 0 Å². The first-order valence-electron chi connectivity index (χ1n) is 5.94. The van der Waals surface area contributed by atoms with Crippen molar-refractivity contribution in [3.63, 3.8) is 0 Å². The van der Waals surface area contributed by atoms with Gasteiger partial charge in [0.25, 0.3) is 5.91 Å². The van der Waals surface area contributed by atoms with Gasteiger partial charge in [0.1, 0.15) is 0 Å². The van der Waals surface area contributed by atoms with E-state index in [0.717, 1.165) is 30.2 Å². The number of alkyl halides is 1. The molecule has 0 aliphatic carbocycles. The Hall–Kier alpha value is -0.250. The average molecular weight is 353 g/mol. The average Bonchev–Trinajstić information content (AvgIpc) is 2.33. The lowest BCUT2D eigenvalue weighted by Crippen LogP contribution is -2.24. The summed E-state index contributed by atoms with van der Waals surface area (Å²) in [4.78, 5) is 11.8. The zero-order chi connectivity index (χ0) is 13.4. The fraction of sp³-hybridized carbons (Fsp3) is 0.462. The van der Waals surface area contributed by atoms with E-state index in [0.29, 0.717) is 23.0 Å². The molecule has 1 amide bonds. The molecule has 0 heterocycles. The summed E-state index contributed by atoms with van der Waals surface area (Å²) in [6.07, 6.45) is 4.20. The second-order valence-corrected chi connectivity index (χ2v) is 5.68. The van der Waals surface area contributed by atoms with Crippen molar-refractivity contribution in [1.29, 1.82) is 0 Å². The summed E-state index contributed by atoms with van der Waals surface area (Å²) in [6.45, 7) is 0.674. The number of benzene rings is 1. The summed E-state index contributed by atoms with van der Waals surface area (Å²) >= 11 is 14.9. The number of halogens is 3. The number of amides is 1. The predicted octanol–water partition coefficient (Wildman–Crippen LogP) is 4.63. The molecular formula is C13H16BrCl2NO. The third kappa shape index (κ3) is 5.59. The van der Waals surface area contributed by atoms with Crippen LogP contribution in [0.15, 0.2) is 22.7 Å². The first kappa shape index (κ1) is 15.8. The van der Waals surface area contributed by atoms with E-state index in [1.807, 2.05) is 0 Å². The van der Waals surface area contributed by atoms with E-state index in [4.69, 9.17) is 23.2 Å². The minimum absolute atomic E-state index is 0.121. The molecule has 0 radical (unpaired) electrons. The summed E-state index contributed by atoms with van der Waals surface area (Å²) in [7, 11) is 0. The molecule has 0 bridgehead atoms. The standard InChI is InChI=1S/C13H16BrCl2NO/c14-10-5-6-11(12(16)9-10)13(18)17-8-4-2-1-3-7-15/h5-6,9H,1-4,7-8H2,(H,17,18). The molecule has 0 saturated carbocycles. The van der Waals surface area contributed by atoms with E-state index in [2.05, 4.69) is 21.2 Å². The molecule has 1 N–H and O–H groups in total. The maximum atomic E-state index is 11.8. The number of hydrogen-bond acceptors (Lipinski definition) is 1. The Balaban J connectivity index is 2.32. The Labute approximate surface area is 126 Å². The van der Waals surface area contributed by atoms with Crippen molar-refractivity contribution in [3.8, 4) is 0 Å². The first-order valence-corrected chi connectivity index (χ1v) is 7.65. The summed E-state index contributed by atoms with van der Waals surface area (Å²) in [5, 5.41) is 3.33. The molecule has 1 rings (SSSR count). The van der Waals surface area contributed by atoms with Crippen LogP contribution in [0.4, 0.5) is 0 Å². The first-order chi connectivity index (χ1) is 8.65. The minimum atomic E-state index is -0.121. The van der Waals surface area contributed by atoms with E-state index in [1.165, 1.54) is 0 Å². The van der Waals surface area contributed by atoms with Gasteiger partial charge in [0, 0.05) is 16.9 Å². The molecular weight excluding hydrogens is 337 g/mol. The molecule has 100 valence electrons. The number of hydrogen-bond donors (Lipinski definition) is 1. The van der Waals surface area contributed by atoms with E-state index >= 15 is 0 Å². The van der Waals surface area contributed by atoms with Gasteiger partial charge in [-0.05, 0) is 31.0 Å². The van der Waals surface area contributed by atoms with Gasteiger partial charge in [-0.1, -0.05) is 40.4 Å². The smallest absolute Gasteiger partial charge is 0.252 e. The third-order valence-electron chi connectivity index (χ3n) is 2.52. The second kappa shape index (κ2) is 8.78. The highest BCUT2D eigenvalue weighted by Gasteiger charge is 2.09. The van der Waals surface area contributed by atoms with Crippen molar-refractivity contribution in [1.82, 2.24) is 5.32 Å². The molecule has 0 aliphatic heterocycles. The number of unbranched alkanes of at least 4 members (excludes halogenated alkanes) is 3. The molecule has 0 fully saturated rings. The molecule has 5 heteroatoms.